The highest BCUT2D eigenvalue weighted by Gasteiger charge is 2.33. The molecule has 1 fully saturated rings. The molecule has 0 spiro atoms. The fourth-order valence-corrected chi connectivity index (χ4v) is 1.66. The third-order valence-electron chi connectivity index (χ3n) is 2.50. The molecule has 0 bridgehead atoms. The van der Waals surface area contributed by atoms with Crippen LogP contribution in [0.3, 0.4) is 0 Å². The van der Waals surface area contributed by atoms with E-state index in [-0.39, 0.29) is 7.05 Å². The van der Waals surface area contributed by atoms with Crippen LogP contribution in [0.2, 0.25) is 5.82 Å². The van der Waals surface area contributed by atoms with Crippen molar-refractivity contribution in [3.05, 3.63) is 24.3 Å². The van der Waals surface area contributed by atoms with Crippen molar-refractivity contribution in [3.63, 3.8) is 0 Å². The number of nitrogens with one attached hydrogen (secondary N) is 1. The molecule has 0 aromatic carbocycles. The Hall–Kier alpha value is -0.535. The van der Waals surface area contributed by atoms with Gasteiger partial charge in [0.1, 0.15) is 0 Å². The highest BCUT2D eigenvalue weighted by Crippen LogP contribution is 2.22. The first kappa shape index (κ1) is 8.08. The van der Waals surface area contributed by atoms with Gasteiger partial charge in [0.25, 0.3) is 0 Å². The molecule has 2 nitrogen and oxygen atoms in total. The van der Waals surface area contributed by atoms with E-state index in [0.29, 0.717) is 11.9 Å². The molecule has 0 amide bonds. The minimum atomic E-state index is 0.213. The SMILES string of the molecule is CCC1COB(C2C=CC=C2)N1. The molecule has 1 N–H and O–H groups in total. The quantitative estimate of drug-likeness (QED) is 0.620. The molecule has 1 aliphatic heterocycles. The molecule has 0 radical (unpaired) electrons. The lowest BCUT2D eigenvalue weighted by molar-refractivity contribution is 0.334. The first-order chi connectivity index (χ1) is 5.90. The van der Waals surface area contributed by atoms with Crippen molar-refractivity contribution in [2.45, 2.75) is 25.2 Å². The van der Waals surface area contributed by atoms with E-state index < -0.39 is 0 Å². The lowest BCUT2D eigenvalue weighted by atomic mass is 9.68. The zero-order valence-corrected chi connectivity index (χ0v) is 7.36. The predicted molar refractivity (Wildman–Crippen MR) is 51.0 cm³/mol. The molecule has 0 saturated carbocycles. The second-order valence-electron chi connectivity index (χ2n) is 3.37. The van der Waals surface area contributed by atoms with Crippen LogP contribution in [-0.2, 0) is 4.65 Å². The normalized spacial score (nSPS) is 29.1. The highest BCUT2D eigenvalue weighted by molar-refractivity contribution is 6.53. The fraction of sp³-hybridized carbons (Fsp3) is 0.556. The van der Waals surface area contributed by atoms with E-state index >= 15 is 0 Å². The molecular weight excluding hydrogens is 149 g/mol. The number of hydrogen-bond donors (Lipinski definition) is 1. The van der Waals surface area contributed by atoms with E-state index in [9.17, 15) is 0 Å². The monoisotopic (exact) mass is 163 g/mol. The van der Waals surface area contributed by atoms with Gasteiger partial charge in [-0.1, -0.05) is 31.2 Å². The van der Waals surface area contributed by atoms with Gasteiger partial charge in [0.05, 0.1) is 0 Å². The second kappa shape index (κ2) is 3.46. The summed E-state index contributed by atoms with van der Waals surface area (Å²) < 4.78 is 5.63. The van der Waals surface area contributed by atoms with Crippen LogP contribution in [0, 0.1) is 0 Å². The number of allylic oxidation sites excluding steroid dienone is 4. The average Bonchev–Trinajstić information content (AvgIpc) is 2.75. The van der Waals surface area contributed by atoms with Crippen LogP contribution in [0.4, 0.5) is 0 Å². The van der Waals surface area contributed by atoms with E-state index in [2.05, 4.69) is 36.5 Å². The standard InChI is InChI=1S/C9H14BNO/c1-2-9-7-12-10(11-9)8-5-3-4-6-8/h3-6,8-9,11H,2,7H2,1H3. The molecular formula is C9H14BNO. The second-order valence-corrected chi connectivity index (χ2v) is 3.37. The van der Waals surface area contributed by atoms with Gasteiger partial charge in [0, 0.05) is 18.5 Å². The van der Waals surface area contributed by atoms with E-state index in [4.69, 9.17) is 4.65 Å². The average molecular weight is 163 g/mol. The van der Waals surface area contributed by atoms with Gasteiger partial charge in [0.15, 0.2) is 0 Å². The molecule has 12 heavy (non-hydrogen) atoms. The maximum absolute atomic E-state index is 5.63. The van der Waals surface area contributed by atoms with Crippen LogP contribution in [0.15, 0.2) is 24.3 Å². The maximum atomic E-state index is 5.63. The van der Waals surface area contributed by atoms with E-state index in [1.165, 1.54) is 0 Å². The van der Waals surface area contributed by atoms with Crippen LogP contribution in [0.1, 0.15) is 13.3 Å². The molecule has 2 rings (SSSR count). The topological polar surface area (TPSA) is 21.3 Å². The van der Waals surface area contributed by atoms with Crippen molar-refractivity contribution >= 4 is 7.05 Å². The van der Waals surface area contributed by atoms with E-state index in [1.54, 1.807) is 0 Å². The van der Waals surface area contributed by atoms with Gasteiger partial charge in [0.2, 0.25) is 0 Å². The van der Waals surface area contributed by atoms with Crippen LogP contribution in [0.25, 0.3) is 0 Å². The molecule has 3 heteroatoms. The molecule has 1 unspecified atom stereocenters. The zero-order valence-electron chi connectivity index (χ0n) is 7.36. The Balaban J connectivity index is 1.90. The molecule has 1 atom stereocenters. The van der Waals surface area contributed by atoms with Crippen molar-refractivity contribution in [2.24, 2.45) is 0 Å². The van der Waals surface area contributed by atoms with Crippen LogP contribution < -0.4 is 5.23 Å². The Kier molecular flexibility index (Phi) is 2.33. The van der Waals surface area contributed by atoms with Crippen molar-refractivity contribution in [1.82, 2.24) is 5.23 Å². The molecule has 1 aliphatic carbocycles. The lowest BCUT2D eigenvalue weighted by Crippen LogP contribution is -2.36. The van der Waals surface area contributed by atoms with Gasteiger partial charge in [-0.05, 0) is 6.42 Å². The number of hydrogen-bond acceptors (Lipinski definition) is 2. The van der Waals surface area contributed by atoms with Crippen LogP contribution >= 0.6 is 0 Å². The molecule has 2 aliphatic rings. The summed E-state index contributed by atoms with van der Waals surface area (Å²) in [5.41, 5.74) is 0. The Labute approximate surface area is 73.8 Å². The van der Waals surface area contributed by atoms with E-state index in [0.717, 1.165) is 13.0 Å². The summed E-state index contributed by atoms with van der Waals surface area (Å²) in [5.74, 6) is 0.446. The van der Waals surface area contributed by atoms with Gasteiger partial charge in [-0.2, -0.15) is 0 Å². The summed E-state index contributed by atoms with van der Waals surface area (Å²) in [6, 6.07) is 0.553. The minimum Gasteiger partial charge on any atom is -0.419 e. The zero-order chi connectivity index (χ0) is 8.39. The predicted octanol–water partition coefficient (Wildman–Crippen LogP) is 1.37. The summed E-state index contributed by atoms with van der Waals surface area (Å²) in [4.78, 5) is 0. The van der Waals surface area contributed by atoms with Gasteiger partial charge < -0.3 is 9.88 Å². The fourth-order valence-electron chi connectivity index (χ4n) is 1.66. The Morgan fingerprint density at radius 2 is 2.25 bits per heavy atom. The summed E-state index contributed by atoms with van der Waals surface area (Å²) in [6.07, 6.45) is 9.66. The van der Waals surface area contributed by atoms with Crippen LogP contribution in [-0.4, -0.2) is 19.7 Å². The summed E-state index contributed by atoms with van der Waals surface area (Å²) in [6.45, 7) is 3.04. The van der Waals surface area contributed by atoms with Crippen molar-refractivity contribution in [2.75, 3.05) is 6.61 Å². The first-order valence-corrected chi connectivity index (χ1v) is 4.63. The smallest absolute Gasteiger partial charge is 0.391 e. The van der Waals surface area contributed by atoms with Crippen molar-refractivity contribution < 1.29 is 4.65 Å². The largest absolute Gasteiger partial charge is 0.419 e. The third kappa shape index (κ3) is 1.47. The molecule has 1 heterocycles. The highest BCUT2D eigenvalue weighted by atomic mass is 16.5. The maximum Gasteiger partial charge on any atom is 0.391 e. The molecule has 0 aromatic rings. The van der Waals surface area contributed by atoms with Crippen molar-refractivity contribution in [3.8, 4) is 0 Å². The van der Waals surface area contributed by atoms with Gasteiger partial charge in [-0.25, -0.2) is 0 Å². The lowest BCUT2D eigenvalue weighted by Gasteiger charge is -2.09. The molecule has 0 aromatic heterocycles. The Morgan fingerprint density at radius 3 is 2.83 bits per heavy atom. The van der Waals surface area contributed by atoms with Gasteiger partial charge >= 0.3 is 7.05 Å². The van der Waals surface area contributed by atoms with Gasteiger partial charge in [-0.15, -0.1) is 0 Å². The molecule has 1 saturated heterocycles. The number of rotatable bonds is 2. The summed E-state index contributed by atoms with van der Waals surface area (Å²) in [7, 11) is 0.213. The summed E-state index contributed by atoms with van der Waals surface area (Å²) in [5, 5.41) is 3.46. The Morgan fingerprint density at radius 1 is 1.50 bits per heavy atom. The van der Waals surface area contributed by atoms with Crippen LogP contribution in [0.5, 0.6) is 0 Å². The van der Waals surface area contributed by atoms with E-state index in [1.807, 2.05) is 0 Å². The first-order valence-electron chi connectivity index (χ1n) is 4.63. The van der Waals surface area contributed by atoms with Gasteiger partial charge in [-0.3, -0.25) is 0 Å². The Bertz CT molecular complexity index is 203. The van der Waals surface area contributed by atoms with Crippen molar-refractivity contribution in [1.29, 1.82) is 0 Å². The summed E-state index contributed by atoms with van der Waals surface area (Å²) >= 11 is 0. The molecule has 64 valence electrons. The minimum absolute atomic E-state index is 0.213. The third-order valence-corrected chi connectivity index (χ3v) is 2.50.